The number of carbonyl (C=O) groups is 1. The molecule has 0 bridgehead atoms. The lowest BCUT2D eigenvalue weighted by atomic mass is 9.85. The molecule has 4 rings (SSSR count). The van der Waals surface area contributed by atoms with E-state index < -0.39 is 11.6 Å². The number of halogens is 2. The first-order valence-electron chi connectivity index (χ1n) is 10.0. The Balaban J connectivity index is 1.61. The summed E-state index contributed by atoms with van der Waals surface area (Å²) < 4.78 is 28.8. The van der Waals surface area contributed by atoms with Gasteiger partial charge in [0.25, 0.3) is 0 Å². The van der Waals surface area contributed by atoms with E-state index in [0.29, 0.717) is 11.1 Å². The Bertz CT molecular complexity index is 1040. The third-order valence-corrected chi connectivity index (χ3v) is 6.50. The number of nitrogens with zero attached hydrogens (tertiary/aromatic N) is 4. The fourth-order valence-corrected chi connectivity index (χ4v) is 4.82. The van der Waals surface area contributed by atoms with Crippen LogP contribution in [0.1, 0.15) is 49.0 Å². The van der Waals surface area contributed by atoms with Crippen LogP contribution in [0.4, 0.5) is 8.78 Å². The molecule has 3 aromatic rings. The molecule has 0 aliphatic heterocycles. The molecule has 156 valence electrons. The summed E-state index contributed by atoms with van der Waals surface area (Å²) in [5, 5.41) is 9.42. The van der Waals surface area contributed by atoms with E-state index in [1.807, 2.05) is 12.1 Å². The van der Waals surface area contributed by atoms with E-state index in [1.54, 1.807) is 12.4 Å². The summed E-state index contributed by atoms with van der Waals surface area (Å²) in [6.45, 7) is 2.23. The smallest absolute Gasteiger partial charge is 0.192 e. The van der Waals surface area contributed by atoms with Gasteiger partial charge in [0.05, 0.1) is 5.75 Å². The van der Waals surface area contributed by atoms with Crippen LogP contribution in [-0.2, 0) is 0 Å². The Labute approximate surface area is 177 Å². The van der Waals surface area contributed by atoms with Crippen molar-refractivity contribution in [3.63, 3.8) is 0 Å². The molecule has 5 nitrogen and oxygen atoms in total. The van der Waals surface area contributed by atoms with Crippen molar-refractivity contribution in [2.75, 3.05) is 5.75 Å². The molecule has 1 aliphatic rings. The molecule has 0 spiro atoms. The summed E-state index contributed by atoms with van der Waals surface area (Å²) in [5.41, 5.74) is 1.02. The van der Waals surface area contributed by atoms with Crippen LogP contribution in [0, 0.1) is 17.6 Å². The van der Waals surface area contributed by atoms with Crippen LogP contribution in [0.2, 0.25) is 0 Å². The van der Waals surface area contributed by atoms with Gasteiger partial charge >= 0.3 is 0 Å². The topological polar surface area (TPSA) is 60.7 Å². The van der Waals surface area contributed by atoms with Gasteiger partial charge in [-0.15, -0.1) is 10.2 Å². The maximum Gasteiger partial charge on any atom is 0.192 e. The predicted molar refractivity (Wildman–Crippen MR) is 111 cm³/mol. The minimum Gasteiger partial charge on any atom is -0.299 e. The Morgan fingerprint density at radius 1 is 1.17 bits per heavy atom. The normalized spacial score (nSPS) is 19.0. The number of ketones is 1. The third kappa shape index (κ3) is 4.28. The van der Waals surface area contributed by atoms with E-state index in [9.17, 15) is 13.6 Å². The summed E-state index contributed by atoms with van der Waals surface area (Å²) in [7, 11) is 0. The van der Waals surface area contributed by atoms with Crippen molar-refractivity contribution in [3.8, 4) is 11.4 Å². The molecule has 30 heavy (non-hydrogen) atoms. The summed E-state index contributed by atoms with van der Waals surface area (Å²) in [6.07, 6.45) is 7.97. The van der Waals surface area contributed by atoms with Crippen molar-refractivity contribution < 1.29 is 13.6 Å². The van der Waals surface area contributed by atoms with Gasteiger partial charge in [-0.05, 0) is 49.1 Å². The first-order valence-corrected chi connectivity index (χ1v) is 11.0. The second kappa shape index (κ2) is 9.04. The highest BCUT2D eigenvalue weighted by Gasteiger charge is 2.29. The maximum atomic E-state index is 13.5. The van der Waals surface area contributed by atoms with Crippen LogP contribution < -0.4 is 0 Å². The number of aromatic nitrogens is 4. The molecule has 0 unspecified atom stereocenters. The molecule has 2 atom stereocenters. The molecule has 2 aromatic heterocycles. The van der Waals surface area contributed by atoms with Gasteiger partial charge in [-0.3, -0.25) is 14.3 Å². The van der Waals surface area contributed by atoms with Crippen LogP contribution >= 0.6 is 11.8 Å². The highest BCUT2D eigenvalue weighted by atomic mass is 32.2. The zero-order chi connectivity index (χ0) is 21.1. The van der Waals surface area contributed by atoms with Crippen molar-refractivity contribution in [2.24, 2.45) is 5.92 Å². The van der Waals surface area contributed by atoms with Crippen LogP contribution in [0.5, 0.6) is 0 Å². The van der Waals surface area contributed by atoms with Crippen LogP contribution in [0.3, 0.4) is 0 Å². The van der Waals surface area contributed by atoms with Gasteiger partial charge in [-0.1, -0.05) is 31.5 Å². The SMILES string of the molecule is C[C@@H]1CCCC[C@@H]1n1c(SCC(=O)c2ccc(F)c(F)c2)nnc1-c1cccnc1. The fourth-order valence-electron chi connectivity index (χ4n) is 3.93. The minimum absolute atomic E-state index is 0.0668. The van der Waals surface area contributed by atoms with E-state index in [2.05, 4.69) is 26.7 Å². The summed E-state index contributed by atoms with van der Waals surface area (Å²) in [5.74, 6) is -1.00. The van der Waals surface area contributed by atoms with Crippen molar-refractivity contribution in [2.45, 2.75) is 43.8 Å². The Hall–Kier alpha value is -2.61. The van der Waals surface area contributed by atoms with Crippen LogP contribution in [0.25, 0.3) is 11.4 Å². The van der Waals surface area contributed by atoms with Gasteiger partial charge in [0.1, 0.15) is 0 Å². The fraction of sp³-hybridized carbons (Fsp3) is 0.364. The lowest BCUT2D eigenvalue weighted by Gasteiger charge is -2.31. The zero-order valence-electron chi connectivity index (χ0n) is 16.6. The maximum absolute atomic E-state index is 13.5. The van der Waals surface area contributed by atoms with Gasteiger partial charge in [0, 0.05) is 29.6 Å². The van der Waals surface area contributed by atoms with Crippen molar-refractivity contribution in [1.82, 2.24) is 19.7 Å². The molecule has 0 radical (unpaired) electrons. The van der Waals surface area contributed by atoms with Gasteiger partial charge < -0.3 is 0 Å². The quantitative estimate of drug-likeness (QED) is 0.392. The second-order valence-electron chi connectivity index (χ2n) is 7.59. The first kappa shape index (κ1) is 20.7. The molecule has 0 amide bonds. The van der Waals surface area contributed by atoms with Crippen molar-refractivity contribution in [1.29, 1.82) is 0 Å². The van der Waals surface area contributed by atoms with Crippen molar-refractivity contribution in [3.05, 3.63) is 59.9 Å². The number of carbonyl (C=O) groups excluding carboxylic acids is 1. The highest BCUT2D eigenvalue weighted by Crippen LogP contribution is 2.39. The van der Waals surface area contributed by atoms with Crippen molar-refractivity contribution >= 4 is 17.5 Å². The monoisotopic (exact) mass is 428 g/mol. The second-order valence-corrected chi connectivity index (χ2v) is 8.53. The Morgan fingerprint density at radius 3 is 2.73 bits per heavy atom. The number of benzene rings is 1. The molecule has 0 saturated heterocycles. The Kier molecular flexibility index (Phi) is 6.22. The van der Waals surface area contributed by atoms with E-state index in [4.69, 9.17) is 0 Å². The van der Waals surface area contributed by atoms with E-state index >= 15 is 0 Å². The van der Waals surface area contributed by atoms with Crippen LogP contribution in [0.15, 0.2) is 47.9 Å². The summed E-state index contributed by atoms with van der Waals surface area (Å²) in [4.78, 5) is 16.7. The molecular weight excluding hydrogens is 406 g/mol. The van der Waals surface area contributed by atoms with Crippen LogP contribution in [-0.4, -0.2) is 31.3 Å². The number of hydrogen-bond donors (Lipinski definition) is 0. The van der Waals surface area contributed by atoms with E-state index in [0.717, 1.165) is 42.8 Å². The number of rotatable bonds is 6. The zero-order valence-corrected chi connectivity index (χ0v) is 17.4. The third-order valence-electron chi connectivity index (χ3n) is 5.56. The van der Waals surface area contributed by atoms with Gasteiger partial charge in [0.15, 0.2) is 28.4 Å². The standard InChI is InChI=1S/C22H22F2N4OS/c1-14-5-2-3-7-19(14)28-21(16-6-4-10-25-12-16)26-27-22(28)30-13-20(29)15-8-9-17(23)18(24)11-15/h4,6,8-12,14,19H,2-3,5,7,13H2,1H3/t14-,19+/m1/s1. The summed E-state index contributed by atoms with van der Waals surface area (Å²) in [6, 6.07) is 7.26. The highest BCUT2D eigenvalue weighted by molar-refractivity contribution is 7.99. The molecular formula is C22H22F2N4OS. The van der Waals surface area contributed by atoms with Gasteiger partial charge in [-0.25, -0.2) is 8.78 Å². The number of Topliss-reactive ketones (excluding diaryl/α,β-unsaturated/α-hetero) is 1. The first-order chi connectivity index (χ1) is 14.5. The average Bonchev–Trinajstić information content (AvgIpc) is 3.18. The van der Waals surface area contributed by atoms with E-state index in [1.165, 1.54) is 24.2 Å². The predicted octanol–water partition coefficient (Wildman–Crippen LogP) is 5.34. The lowest BCUT2D eigenvalue weighted by molar-refractivity contribution is 0.102. The summed E-state index contributed by atoms with van der Waals surface area (Å²) >= 11 is 1.27. The minimum atomic E-state index is -1.02. The molecule has 1 fully saturated rings. The lowest BCUT2D eigenvalue weighted by Crippen LogP contribution is -2.22. The number of pyridine rings is 1. The number of thioether (sulfide) groups is 1. The average molecular weight is 429 g/mol. The molecule has 1 aromatic carbocycles. The molecule has 1 aliphatic carbocycles. The Morgan fingerprint density at radius 2 is 2.00 bits per heavy atom. The van der Waals surface area contributed by atoms with Gasteiger partial charge in [0.2, 0.25) is 0 Å². The number of hydrogen-bond acceptors (Lipinski definition) is 5. The van der Waals surface area contributed by atoms with Gasteiger partial charge in [-0.2, -0.15) is 0 Å². The molecule has 0 N–H and O–H groups in total. The molecule has 8 heteroatoms. The molecule has 2 heterocycles. The largest absolute Gasteiger partial charge is 0.299 e. The van der Waals surface area contributed by atoms with E-state index in [-0.39, 0.29) is 23.1 Å². The molecule has 1 saturated carbocycles.